The number of rotatable bonds is 6. The molecule has 0 radical (unpaired) electrons. The van der Waals surface area contributed by atoms with Crippen LogP contribution in [0.2, 0.25) is 0 Å². The average Bonchev–Trinajstić information content (AvgIpc) is 3.24. The van der Waals surface area contributed by atoms with Gasteiger partial charge in [0.25, 0.3) is 11.8 Å². The third kappa shape index (κ3) is 5.17. The molecule has 2 aromatic rings. The van der Waals surface area contributed by atoms with Crippen LogP contribution in [-0.4, -0.2) is 42.3 Å². The van der Waals surface area contributed by atoms with Crippen molar-refractivity contribution in [2.45, 2.75) is 19.3 Å². The van der Waals surface area contributed by atoms with Crippen LogP contribution in [-0.2, 0) is 4.79 Å². The van der Waals surface area contributed by atoms with Gasteiger partial charge < -0.3 is 15.5 Å². The van der Waals surface area contributed by atoms with E-state index in [2.05, 4.69) is 10.6 Å². The van der Waals surface area contributed by atoms with Crippen LogP contribution in [0.15, 0.2) is 54.6 Å². The number of carbonyl (C=O) groups excluding carboxylic acids is 3. The minimum Gasteiger partial charge on any atom is -0.352 e. The van der Waals surface area contributed by atoms with Gasteiger partial charge in [0.05, 0.1) is 0 Å². The fourth-order valence-corrected chi connectivity index (χ4v) is 3.01. The molecule has 0 unspecified atom stereocenters. The molecule has 0 aliphatic carbocycles. The fourth-order valence-electron chi connectivity index (χ4n) is 3.01. The zero-order valence-corrected chi connectivity index (χ0v) is 15.1. The summed E-state index contributed by atoms with van der Waals surface area (Å²) in [5, 5.41) is 5.56. The van der Waals surface area contributed by atoms with Gasteiger partial charge in [0, 0.05) is 42.9 Å². The van der Waals surface area contributed by atoms with E-state index in [-0.39, 0.29) is 17.7 Å². The van der Waals surface area contributed by atoms with Crippen LogP contribution in [0.3, 0.4) is 0 Å². The molecule has 0 bridgehead atoms. The Labute approximate surface area is 158 Å². The maximum absolute atomic E-state index is 12.2. The van der Waals surface area contributed by atoms with Crippen LogP contribution in [0.4, 0.5) is 5.69 Å². The molecule has 1 heterocycles. The Bertz CT molecular complexity index is 797. The molecule has 2 N–H and O–H groups in total. The Morgan fingerprint density at radius 1 is 0.815 bits per heavy atom. The Balaban J connectivity index is 1.47. The maximum atomic E-state index is 12.2. The van der Waals surface area contributed by atoms with Gasteiger partial charge in [-0.2, -0.15) is 0 Å². The average molecular weight is 365 g/mol. The van der Waals surface area contributed by atoms with Gasteiger partial charge in [0.15, 0.2) is 0 Å². The topological polar surface area (TPSA) is 78.5 Å². The van der Waals surface area contributed by atoms with E-state index in [0.29, 0.717) is 29.8 Å². The Kier molecular flexibility index (Phi) is 6.20. The SMILES string of the molecule is O=C(NCCC(=O)N1CCCC1)c1ccc(NC(=O)c2ccccc2)cc1. The van der Waals surface area contributed by atoms with Crippen molar-refractivity contribution in [2.24, 2.45) is 0 Å². The molecule has 0 aromatic heterocycles. The van der Waals surface area contributed by atoms with Gasteiger partial charge in [0.2, 0.25) is 5.91 Å². The van der Waals surface area contributed by atoms with Gasteiger partial charge in [-0.1, -0.05) is 18.2 Å². The molecule has 3 amide bonds. The monoisotopic (exact) mass is 365 g/mol. The summed E-state index contributed by atoms with van der Waals surface area (Å²) in [6, 6.07) is 15.6. The molecule has 1 aliphatic rings. The Morgan fingerprint density at radius 3 is 2.11 bits per heavy atom. The first-order valence-electron chi connectivity index (χ1n) is 9.16. The number of anilines is 1. The lowest BCUT2D eigenvalue weighted by Gasteiger charge is -2.15. The molecule has 1 aliphatic heterocycles. The van der Waals surface area contributed by atoms with Gasteiger partial charge >= 0.3 is 0 Å². The summed E-state index contributed by atoms with van der Waals surface area (Å²) < 4.78 is 0. The predicted octanol–water partition coefficient (Wildman–Crippen LogP) is 2.68. The van der Waals surface area contributed by atoms with Crippen LogP contribution in [0.5, 0.6) is 0 Å². The van der Waals surface area contributed by atoms with Gasteiger partial charge in [-0.25, -0.2) is 0 Å². The normalized spacial score (nSPS) is 13.3. The quantitative estimate of drug-likeness (QED) is 0.826. The third-order valence-electron chi connectivity index (χ3n) is 4.52. The summed E-state index contributed by atoms with van der Waals surface area (Å²) in [6.45, 7) is 1.96. The summed E-state index contributed by atoms with van der Waals surface area (Å²) in [5.41, 5.74) is 1.67. The van der Waals surface area contributed by atoms with Crippen molar-refractivity contribution in [3.8, 4) is 0 Å². The molecule has 0 saturated carbocycles. The van der Waals surface area contributed by atoms with Gasteiger partial charge in [-0.15, -0.1) is 0 Å². The van der Waals surface area contributed by atoms with E-state index < -0.39 is 0 Å². The molecule has 2 aromatic carbocycles. The minimum atomic E-state index is -0.231. The first-order chi connectivity index (χ1) is 13.1. The largest absolute Gasteiger partial charge is 0.352 e. The van der Waals surface area contributed by atoms with E-state index in [9.17, 15) is 14.4 Å². The maximum Gasteiger partial charge on any atom is 0.255 e. The first-order valence-corrected chi connectivity index (χ1v) is 9.16. The molecule has 1 saturated heterocycles. The van der Waals surface area contributed by atoms with Crippen molar-refractivity contribution in [3.05, 3.63) is 65.7 Å². The summed E-state index contributed by atoms with van der Waals surface area (Å²) in [5.74, 6) is -0.342. The van der Waals surface area contributed by atoms with E-state index in [0.717, 1.165) is 25.9 Å². The first kappa shape index (κ1) is 18.6. The number of carbonyl (C=O) groups is 3. The van der Waals surface area contributed by atoms with Crippen molar-refractivity contribution in [1.29, 1.82) is 0 Å². The smallest absolute Gasteiger partial charge is 0.255 e. The highest BCUT2D eigenvalue weighted by Gasteiger charge is 2.17. The number of nitrogens with one attached hydrogen (secondary N) is 2. The van der Waals surface area contributed by atoms with Gasteiger partial charge in [-0.3, -0.25) is 14.4 Å². The number of hydrogen-bond acceptors (Lipinski definition) is 3. The number of hydrogen-bond donors (Lipinski definition) is 2. The molecule has 27 heavy (non-hydrogen) atoms. The van der Waals surface area contributed by atoms with E-state index in [4.69, 9.17) is 0 Å². The predicted molar refractivity (Wildman–Crippen MR) is 104 cm³/mol. The second-order valence-corrected chi connectivity index (χ2v) is 6.49. The molecule has 0 atom stereocenters. The molecule has 6 nitrogen and oxygen atoms in total. The number of nitrogens with zero attached hydrogens (tertiary/aromatic N) is 1. The Morgan fingerprint density at radius 2 is 1.44 bits per heavy atom. The fraction of sp³-hybridized carbons (Fsp3) is 0.286. The second kappa shape index (κ2) is 8.98. The van der Waals surface area contributed by atoms with Crippen LogP contribution in [0.1, 0.15) is 40.0 Å². The highest BCUT2D eigenvalue weighted by Crippen LogP contribution is 2.12. The number of likely N-dealkylation sites (tertiary alicyclic amines) is 1. The molecule has 3 rings (SSSR count). The van der Waals surface area contributed by atoms with E-state index in [1.165, 1.54) is 0 Å². The highest BCUT2D eigenvalue weighted by atomic mass is 16.2. The molecule has 0 spiro atoms. The van der Waals surface area contributed by atoms with Crippen LogP contribution in [0, 0.1) is 0 Å². The molecule has 1 fully saturated rings. The van der Waals surface area contributed by atoms with Crippen LogP contribution in [0.25, 0.3) is 0 Å². The molecular formula is C21H23N3O3. The van der Waals surface area contributed by atoms with Gasteiger partial charge in [-0.05, 0) is 49.2 Å². The lowest BCUT2D eigenvalue weighted by atomic mass is 10.1. The summed E-state index contributed by atoms with van der Waals surface area (Å²) in [4.78, 5) is 38.1. The molecule has 140 valence electrons. The summed E-state index contributed by atoms with van der Waals surface area (Å²) >= 11 is 0. The zero-order valence-electron chi connectivity index (χ0n) is 15.1. The zero-order chi connectivity index (χ0) is 19.1. The van der Waals surface area contributed by atoms with Crippen molar-refractivity contribution in [1.82, 2.24) is 10.2 Å². The van der Waals surface area contributed by atoms with Crippen molar-refractivity contribution >= 4 is 23.4 Å². The van der Waals surface area contributed by atoms with Crippen molar-refractivity contribution in [3.63, 3.8) is 0 Å². The number of benzene rings is 2. The van der Waals surface area contributed by atoms with E-state index in [1.807, 2.05) is 11.0 Å². The summed E-state index contributed by atoms with van der Waals surface area (Å²) in [7, 11) is 0. The van der Waals surface area contributed by atoms with Crippen LogP contribution < -0.4 is 10.6 Å². The number of amides is 3. The molecule has 6 heteroatoms. The molecular weight excluding hydrogens is 342 g/mol. The highest BCUT2D eigenvalue weighted by molar-refractivity contribution is 6.04. The standard InChI is InChI=1S/C21H23N3O3/c25-19(24-14-4-5-15-24)12-13-22-20(26)17-8-10-18(11-9-17)23-21(27)16-6-2-1-3-7-16/h1-3,6-11H,4-5,12-15H2,(H,22,26)(H,23,27). The third-order valence-corrected chi connectivity index (χ3v) is 4.52. The van der Waals surface area contributed by atoms with Crippen molar-refractivity contribution < 1.29 is 14.4 Å². The van der Waals surface area contributed by atoms with Gasteiger partial charge in [0.1, 0.15) is 0 Å². The van der Waals surface area contributed by atoms with Crippen LogP contribution >= 0.6 is 0 Å². The second-order valence-electron chi connectivity index (χ2n) is 6.49. The lowest BCUT2D eigenvalue weighted by molar-refractivity contribution is -0.129. The van der Waals surface area contributed by atoms with Crippen molar-refractivity contribution in [2.75, 3.05) is 25.0 Å². The Hall–Kier alpha value is -3.15. The summed E-state index contributed by atoms with van der Waals surface area (Å²) in [6.07, 6.45) is 2.44. The lowest BCUT2D eigenvalue weighted by Crippen LogP contribution is -2.32. The van der Waals surface area contributed by atoms with E-state index >= 15 is 0 Å². The van der Waals surface area contributed by atoms with E-state index in [1.54, 1.807) is 48.5 Å². The minimum absolute atomic E-state index is 0.0896.